The summed E-state index contributed by atoms with van der Waals surface area (Å²) in [6.07, 6.45) is 0. The lowest BCUT2D eigenvalue weighted by atomic mass is 10.3. The number of rotatable bonds is 3. The van der Waals surface area contributed by atoms with Gasteiger partial charge in [-0.2, -0.15) is 0 Å². The van der Waals surface area contributed by atoms with Crippen molar-refractivity contribution in [3.63, 3.8) is 0 Å². The predicted octanol–water partition coefficient (Wildman–Crippen LogP) is 4.65. The molecule has 0 spiro atoms. The van der Waals surface area contributed by atoms with Crippen molar-refractivity contribution in [3.05, 3.63) is 51.6 Å². The molecule has 90 valence electrons. The minimum absolute atomic E-state index is 0.248. The highest BCUT2D eigenvalue weighted by Crippen LogP contribution is 2.31. The molecule has 0 aliphatic carbocycles. The number of hydrogen-bond donors (Lipinski definition) is 1. The van der Waals surface area contributed by atoms with Crippen LogP contribution in [0.5, 0.6) is 0 Å². The third kappa shape index (κ3) is 2.93. The fourth-order valence-corrected chi connectivity index (χ4v) is 2.06. The summed E-state index contributed by atoms with van der Waals surface area (Å²) in [6, 6.07) is 6.14. The van der Waals surface area contributed by atoms with Crippen molar-refractivity contribution >= 4 is 28.9 Å². The second kappa shape index (κ2) is 4.98. The first-order valence-electron chi connectivity index (χ1n) is 5.00. The zero-order valence-electron chi connectivity index (χ0n) is 9.06. The van der Waals surface area contributed by atoms with Gasteiger partial charge in [-0.3, -0.25) is 0 Å². The lowest BCUT2D eigenvalue weighted by Gasteiger charge is -2.09. The molecule has 0 atom stereocenters. The quantitative estimate of drug-likeness (QED) is 0.881. The van der Waals surface area contributed by atoms with Gasteiger partial charge in [0, 0.05) is 0 Å². The van der Waals surface area contributed by atoms with Crippen molar-refractivity contribution in [1.82, 2.24) is 0 Å². The Bertz CT molecular complexity index is 516. The van der Waals surface area contributed by atoms with Crippen LogP contribution in [0, 0.1) is 12.7 Å². The van der Waals surface area contributed by atoms with Crippen LogP contribution >= 0.6 is 23.2 Å². The van der Waals surface area contributed by atoms with E-state index in [1.807, 2.05) is 19.1 Å². The van der Waals surface area contributed by atoms with Crippen LogP contribution in [0.25, 0.3) is 0 Å². The van der Waals surface area contributed by atoms with Crippen molar-refractivity contribution < 1.29 is 8.81 Å². The van der Waals surface area contributed by atoms with Gasteiger partial charge in [0.1, 0.15) is 17.3 Å². The van der Waals surface area contributed by atoms with Crippen LogP contribution in [0.1, 0.15) is 11.5 Å². The minimum atomic E-state index is -0.459. The SMILES string of the molecule is Cc1ccc(CNc2c(Cl)cc(F)cc2Cl)o1. The number of furan rings is 1. The van der Waals surface area contributed by atoms with Gasteiger partial charge in [0.05, 0.1) is 22.3 Å². The van der Waals surface area contributed by atoms with E-state index in [2.05, 4.69) is 5.32 Å². The lowest BCUT2D eigenvalue weighted by Crippen LogP contribution is -2.00. The second-order valence-electron chi connectivity index (χ2n) is 3.61. The fraction of sp³-hybridized carbons (Fsp3) is 0.167. The Morgan fingerprint density at radius 3 is 2.41 bits per heavy atom. The van der Waals surface area contributed by atoms with Crippen molar-refractivity contribution in [2.24, 2.45) is 0 Å². The summed E-state index contributed by atoms with van der Waals surface area (Å²) in [7, 11) is 0. The van der Waals surface area contributed by atoms with Gasteiger partial charge in [-0.25, -0.2) is 4.39 Å². The molecule has 0 amide bonds. The summed E-state index contributed by atoms with van der Waals surface area (Å²) in [5.74, 6) is 1.14. The molecular formula is C12H10Cl2FNO. The minimum Gasteiger partial charge on any atom is -0.465 e. The van der Waals surface area contributed by atoms with E-state index in [-0.39, 0.29) is 10.0 Å². The standard InChI is InChI=1S/C12H10Cl2FNO/c1-7-2-3-9(17-7)6-16-12-10(13)4-8(15)5-11(12)14/h2-5,16H,6H2,1H3. The maximum Gasteiger partial charge on any atom is 0.126 e. The maximum atomic E-state index is 13.0. The van der Waals surface area contributed by atoms with Gasteiger partial charge >= 0.3 is 0 Å². The zero-order valence-corrected chi connectivity index (χ0v) is 10.6. The molecule has 0 saturated carbocycles. The van der Waals surface area contributed by atoms with E-state index in [9.17, 15) is 4.39 Å². The summed E-state index contributed by atoms with van der Waals surface area (Å²) >= 11 is 11.8. The highest BCUT2D eigenvalue weighted by atomic mass is 35.5. The monoisotopic (exact) mass is 273 g/mol. The van der Waals surface area contributed by atoms with Crippen molar-refractivity contribution in [2.75, 3.05) is 5.32 Å². The molecule has 1 heterocycles. The summed E-state index contributed by atoms with van der Waals surface area (Å²) < 4.78 is 18.3. The number of aryl methyl sites for hydroxylation is 1. The topological polar surface area (TPSA) is 25.2 Å². The summed E-state index contributed by atoms with van der Waals surface area (Å²) in [5.41, 5.74) is 0.504. The Kier molecular flexibility index (Phi) is 3.60. The average molecular weight is 274 g/mol. The molecule has 0 bridgehead atoms. The zero-order chi connectivity index (χ0) is 12.4. The summed E-state index contributed by atoms with van der Waals surface area (Å²) in [5, 5.41) is 3.51. The van der Waals surface area contributed by atoms with E-state index >= 15 is 0 Å². The van der Waals surface area contributed by atoms with Crippen molar-refractivity contribution in [3.8, 4) is 0 Å². The van der Waals surface area contributed by atoms with Gasteiger partial charge in [-0.15, -0.1) is 0 Å². The molecule has 1 aromatic heterocycles. The fourth-order valence-electron chi connectivity index (χ4n) is 1.47. The van der Waals surface area contributed by atoms with E-state index < -0.39 is 5.82 Å². The number of hydrogen-bond acceptors (Lipinski definition) is 2. The average Bonchev–Trinajstić information content (AvgIpc) is 2.62. The largest absolute Gasteiger partial charge is 0.465 e. The highest BCUT2D eigenvalue weighted by Gasteiger charge is 2.08. The lowest BCUT2D eigenvalue weighted by molar-refractivity contribution is 0.490. The van der Waals surface area contributed by atoms with E-state index in [1.54, 1.807) is 0 Å². The first-order chi connectivity index (χ1) is 8.06. The Morgan fingerprint density at radius 2 is 1.88 bits per heavy atom. The molecule has 2 aromatic rings. The van der Waals surface area contributed by atoms with E-state index in [4.69, 9.17) is 27.6 Å². The van der Waals surface area contributed by atoms with E-state index in [1.165, 1.54) is 12.1 Å². The first-order valence-corrected chi connectivity index (χ1v) is 5.75. The molecule has 0 aliphatic heterocycles. The van der Waals surface area contributed by atoms with Crippen LogP contribution < -0.4 is 5.32 Å². The number of anilines is 1. The molecule has 0 fully saturated rings. The number of benzene rings is 1. The van der Waals surface area contributed by atoms with Gasteiger partial charge in [-0.05, 0) is 31.2 Å². The van der Waals surface area contributed by atoms with Crippen LogP contribution in [0.3, 0.4) is 0 Å². The van der Waals surface area contributed by atoms with Crippen LogP contribution in [0.15, 0.2) is 28.7 Å². The normalized spacial score (nSPS) is 10.6. The molecule has 1 N–H and O–H groups in total. The number of nitrogens with one attached hydrogen (secondary N) is 1. The molecule has 5 heteroatoms. The van der Waals surface area contributed by atoms with Gasteiger partial charge in [0.25, 0.3) is 0 Å². The maximum absolute atomic E-state index is 13.0. The third-order valence-electron chi connectivity index (χ3n) is 2.24. The molecule has 0 unspecified atom stereocenters. The second-order valence-corrected chi connectivity index (χ2v) is 4.42. The molecule has 1 aromatic carbocycles. The smallest absolute Gasteiger partial charge is 0.126 e. The van der Waals surface area contributed by atoms with Crippen LogP contribution in [-0.2, 0) is 6.54 Å². The van der Waals surface area contributed by atoms with E-state index in [0.29, 0.717) is 12.2 Å². The predicted molar refractivity (Wildman–Crippen MR) is 67.2 cm³/mol. The van der Waals surface area contributed by atoms with Gasteiger partial charge < -0.3 is 9.73 Å². The summed E-state index contributed by atoms with van der Waals surface area (Å²) in [4.78, 5) is 0. The molecule has 0 saturated heterocycles. The first kappa shape index (κ1) is 12.3. The Hall–Kier alpha value is -1.19. The molecule has 17 heavy (non-hydrogen) atoms. The van der Waals surface area contributed by atoms with Crippen molar-refractivity contribution in [2.45, 2.75) is 13.5 Å². The molecular weight excluding hydrogens is 264 g/mol. The van der Waals surface area contributed by atoms with Gasteiger partial charge in [-0.1, -0.05) is 23.2 Å². The summed E-state index contributed by atoms with van der Waals surface area (Å²) in [6.45, 7) is 2.31. The Morgan fingerprint density at radius 1 is 1.24 bits per heavy atom. The van der Waals surface area contributed by atoms with Crippen LogP contribution in [0.2, 0.25) is 10.0 Å². The molecule has 0 aliphatic rings. The Labute approximate surface area is 108 Å². The van der Waals surface area contributed by atoms with Gasteiger partial charge in [0.2, 0.25) is 0 Å². The number of halogens is 3. The van der Waals surface area contributed by atoms with Crippen LogP contribution in [0.4, 0.5) is 10.1 Å². The highest BCUT2D eigenvalue weighted by molar-refractivity contribution is 6.39. The van der Waals surface area contributed by atoms with Gasteiger partial charge in [0.15, 0.2) is 0 Å². The van der Waals surface area contributed by atoms with Crippen LogP contribution in [-0.4, -0.2) is 0 Å². The third-order valence-corrected chi connectivity index (χ3v) is 2.84. The van der Waals surface area contributed by atoms with E-state index in [0.717, 1.165) is 11.5 Å². The Balaban J connectivity index is 2.14. The molecule has 0 radical (unpaired) electrons. The van der Waals surface area contributed by atoms with Crippen molar-refractivity contribution in [1.29, 1.82) is 0 Å². The molecule has 2 rings (SSSR count). The molecule has 2 nitrogen and oxygen atoms in total.